The normalized spacial score (nSPS) is 25.3. The van der Waals surface area contributed by atoms with E-state index in [0.29, 0.717) is 42.5 Å². The van der Waals surface area contributed by atoms with Crippen molar-refractivity contribution in [2.24, 2.45) is 17.3 Å². The highest BCUT2D eigenvalue weighted by Gasteiger charge is 2.26. The molecule has 0 heterocycles. The summed E-state index contributed by atoms with van der Waals surface area (Å²) in [6, 6.07) is 10.9. The SMILES string of the molecule is CC(OCCOC1CCC(c2ccccc2)CC1)OC1C=CC(C(CC(C)(C)C)C(C)C)=CC1. The summed E-state index contributed by atoms with van der Waals surface area (Å²) in [6.45, 7) is 14.9. The maximum absolute atomic E-state index is 6.13. The Balaban J connectivity index is 1.30. The molecule has 0 spiro atoms. The van der Waals surface area contributed by atoms with Gasteiger partial charge < -0.3 is 14.2 Å². The molecule has 3 rings (SSSR count). The predicted molar refractivity (Wildman–Crippen MR) is 142 cm³/mol. The molecule has 2 aliphatic carbocycles. The van der Waals surface area contributed by atoms with Gasteiger partial charge in [0.15, 0.2) is 6.29 Å². The van der Waals surface area contributed by atoms with Gasteiger partial charge in [-0.25, -0.2) is 0 Å². The molecule has 0 N–H and O–H groups in total. The van der Waals surface area contributed by atoms with Gasteiger partial charge in [-0.15, -0.1) is 0 Å². The van der Waals surface area contributed by atoms with Crippen LogP contribution in [0.25, 0.3) is 0 Å². The summed E-state index contributed by atoms with van der Waals surface area (Å²) >= 11 is 0. The first-order chi connectivity index (χ1) is 16.2. The number of allylic oxidation sites excluding steroid dienone is 2. The number of ether oxygens (including phenoxy) is 3. The molecule has 3 atom stereocenters. The van der Waals surface area contributed by atoms with Crippen molar-refractivity contribution in [3.05, 3.63) is 59.7 Å². The van der Waals surface area contributed by atoms with Gasteiger partial charge in [0.05, 0.1) is 25.4 Å². The monoisotopic (exact) mass is 468 g/mol. The number of benzene rings is 1. The molecule has 1 aromatic rings. The second kappa shape index (κ2) is 13.0. The van der Waals surface area contributed by atoms with E-state index < -0.39 is 0 Å². The summed E-state index contributed by atoms with van der Waals surface area (Å²) in [4.78, 5) is 0. The molecule has 1 fully saturated rings. The zero-order valence-electron chi connectivity index (χ0n) is 22.5. The quantitative estimate of drug-likeness (QED) is 0.243. The number of hydrogen-bond acceptors (Lipinski definition) is 3. The standard InChI is InChI=1S/C31H48O3/c1-23(2)30(22-31(4,5)6)27-14-18-29(19-15-27)34-24(3)32-20-21-33-28-16-12-26(13-17-28)25-10-8-7-9-11-25/h7-11,14-15,18,23-24,26,28-30H,12-13,16-17,19-22H2,1-6H3. The Bertz CT molecular complexity index is 766. The van der Waals surface area contributed by atoms with Crippen molar-refractivity contribution in [3.63, 3.8) is 0 Å². The zero-order chi connectivity index (χ0) is 24.6. The second-order valence-electron chi connectivity index (χ2n) is 11.8. The average Bonchev–Trinajstić information content (AvgIpc) is 2.81. The van der Waals surface area contributed by atoms with Crippen LogP contribution < -0.4 is 0 Å². The van der Waals surface area contributed by atoms with Crippen LogP contribution in [-0.4, -0.2) is 31.7 Å². The Morgan fingerprint density at radius 3 is 2.24 bits per heavy atom. The third kappa shape index (κ3) is 8.98. The summed E-state index contributed by atoms with van der Waals surface area (Å²) < 4.78 is 18.1. The highest BCUT2D eigenvalue weighted by atomic mass is 16.7. The van der Waals surface area contributed by atoms with Gasteiger partial charge in [-0.05, 0) is 79.8 Å². The van der Waals surface area contributed by atoms with Crippen LogP contribution in [-0.2, 0) is 14.2 Å². The van der Waals surface area contributed by atoms with Gasteiger partial charge in [-0.2, -0.15) is 0 Å². The average molecular weight is 469 g/mol. The smallest absolute Gasteiger partial charge is 0.155 e. The topological polar surface area (TPSA) is 27.7 Å². The Labute approximate surface area is 209 Å². The summed E-state index contributed by atoms with van der Waals surface area (Å²) in [5.41, 5.74) is 3.28. The van der Waals surface area contributed by atoms with Gasteiger partial charge in [0.1, 0.15) is 0 Å². The first-order valence-corrected chi connectivity index (χ1v) is 13.5. The predicted octanol–water partition coefficient (Wildman–Crippen LogP) is 8.07. The Morgan fingerprint density at radius 1 is 0.941 bits per heavy atom. The number of rotatable bonds is 11. The molecule has 1 aromatic carbocycles. The second-order valence-corrected chi connectivity index (χ2v) is 11.8. The minimum Gasteiger partial charge on any atom is -0.376 e. The number of hydrogen-bond donors (Lipinski definition) is 0. The molecule has 0 aliphatic heterocycles. The summed E-state index contributed by atoms with van der Waals surface area (Å²) in [5.74, 6) is 1.93. The van der Waals surface area contributed by atoms with Crippen LogP contribution in [0.4, 0.5) is 0 Å². The van der Waals surface area contributed by atoms with E-state index >= 15 is 0 Å². The molecule has 0 saturated heterocycles. The van der Waals surface area contributed by atoms with Crippen LogP contribution in [0.1, 0.15) is 91.5 Å². The van der Waals surface area contributed by atoms with E-state index in [-0.39, 0.29) is 12.4 Å². The van der Waals surface area contributed by atoms with Crippen molar-refractivity contribution in [1.29, 1.82) is 0 Å². The fraction of sp³-hybridized carbons (Fsp3) is 0.677. The van der Waals surface area contributed by atoms with Gasteiger partial charge in [0.2, 0.25) is 0 Å². The molecule has 0 aromatic heterocycles. The lowest BCUT2D eigenvalue weighted by molar-refractivity contribution is -0.159. The molecule has 0 bridgehead atoms. The first kappa shape index (κ1) is 27.2. The fourth-order valence-electron chi connectivity index (χ4n) is 5.39. The molecule has 0 amide bonds. The van der Waals surface area contributed by atoms with Crippen LogP contribution in [0, 0.1) is 17.3 Å². The van der Waals surface area contributed by atoms with Crippen molar-refractivity contribution in [1.82, 2.24) is 0 Å². The molecule has 190 valence electrons. The minimum atomic E-state index is -0.225. The van der Waals surface area contributed by atoms with Crippen LogP contribution >= 0.6 is 0 Å². The van der Waals surface area contributed by atoms with E-state index in [0.717, 1.165) is 19.3 Å². The largest absolute Gasteiger partial charge is 0.376 e. The summed E-state index contributed by atoms with van der Waals surface area (Å²) in [7, 11) is 0. The van der Waals surface area contributed by atoms with E-state index in [1.807, 2.05) is 6.92 Å². The third-order valence-electron chi connectivity index (χ3n) is 7.26. The lowest BCUT2D eigenvalue weighted by Gasteiger charge is -2.32. The molecule has 1 saturated carbocycles. The van der Waals surface area contributed by atoms with Gasteiger partial charge >= 0.3 is 0 Å². The molecule has 2 aliphatic rings. The molecule has 3 nitrogen and oxygen atoms in total. The van der Waals surface area contributed by atoms with Crippen molar-refractivity contribution in [2.45, 2.75) is 104 Å². The Kier molecular flexibility index (Phi) is 10.4. The van der Waals surface area contributed by atoms with E-state index in [4.69, 9.17) is 14.2 Å². The molecule has 0 radical (unpaired) electrons. The Morgan fingerprint density at radius 2 is 1.65 bits per heavy atom. The summed E-state index contributed by atoms with van der Waals surface area (Å²) in [6.07, 6.45) is 14.0. The fourth-order valence-corrected chi connectivity index (χ4v) is 5.39. The third-order valence-corrected chi connectivity index (χ3v) is 7.26. The van der Waals surface area contributed by atoms with Crippen LogP contribution in [0.5, 0.6) is 0 Å². The van der Waals surface area contributed by atoms with E-state index in [9.17, 15) is 0 Å². The highest BCUT2D eigenvalue weighted by molar-refractivity contribution is 5.27. The first-order valence-electron chi connectivity index (χ1n) is 13.5. The molecular weight excluding hydrogens is 420 g/mol. The van der Waals surface area contributed by atoms with Crippen molar-refractivity contribution >= 4 is 0 Å². The molecule has 3 unspecified atom stereocenters. The van der Waals surface area contributed by atoms with Gasteiger partial charge in [0, 0.05) is 0 Å². The maximum Gasteiger partial charge on any atom is 0.155 e. The maximum atomic E-state index is 6.13. The highest BCUT2D eigenvalue weighted by Crippen LogP contribution is 2.36. The van der Waals surface area contributed by atoms with Crippen LogP contribution in [0.2, 0.25) is 0 Å². The van der Waals surface area contributed by atoms with Crippen molar-refractivity contribution < 1.29 is 14.2 Å². The lowest BCUT2D eigenvalue weighted by Crippen LogP contribution is -2.26. The minimum absolute atomic E-state index is 0.0929. The van der Waals surface area contributed by atoms with Crippen LogP contribution in [0.3, 0.4) is 0 Å². The van der Waals surface area contributed by atoms with Crippen LogP contribution in [0.15, 0.2) is 54.1 Å². The van der Waals surface area contributed by atoms with Gasteiger partial charge in [0.25, 0.3) is 0 Å². The van der Waals surface area contributed by atoms with E-state index in [2.05, 4.69) is 83.2 Å². The lowest BCUT2D eigenvalue weighted by atomic mass is 9.75. The summed E-state index contributed by atoms with van der Waals surface area (Å²) in [5, 5.41) is 0. The molecule has 34 heavy (non-hydrogen) atoms. The van der Waals surface area contributed by atoms with E-state index in [1.165, 1.54) is 30.4 Å². The van der Waals surface area contributed by atoms with Crippen molar-refractivity contribution in [2.75, 3.05) is 13.2 Å². The van der Waals surface area contributed by atoms with E-state index in [1.54, 1.807) is 0 Å². The Hall–Kier alpha value is -1.42. The van der Waals surface area contributed by atoms with Gasteiger partial charge in [-0.1, -0.05) is 83.2 Å². The van der Waals surface area contributed by atoms with Crippen molar-refractivity contribution in [3.8, 4) is 0 Å². The molecule has 3 heteroatoms. The molecular formula is C31H48O3. The zero-order valence-corrected chi connectivity index (χ0v) is 22.5. The van der Waals surface area contributed by atoms with Gasteiger partial charge in [-0.3, -0.25) is 0 Å².